The summed E-state index contributed by atoms with van der Waals surface area (Å²) < 4.78 is 31.9. The first kappa shape index (κ1) is 47.8. The maximum Gasteiger partial charge on any atom is 0.472 e. The van der Waals surface area contributed by atoms with Gasteiger partial charge in [-0.2, -0.15) is 0 Å². The van der Waals surface area contributed by atoms with Gasteiger partial charge in [0.2, 0.25) is 0 Å². The second-order valence-electron chi connectivity index (χ2n) is 13.8. The van der Waals surface area contributed by atoms with Gasteiger partial charge in [0.25, 0.3) is 0 Å². The Morgan fingerprint density at radius 1 is 0.551 bits per heavy atom. The molecular formula is C40H77O8P. The van der Waals surface area contributed by atoms with E-state index < -0.39 is 26.5 Å². The minimum absolute atomic E-state index is 0.223. The van der Waals surface area contributed by atoms with Gasteiger partial charge in [-0.25, -0.2) is 4.57 Å². The van der Waals surface area contributed by atoms with Crippen molar-refractivity contribution < 1.29 is 37.6 Å². The van der Waals surface area contributed by atoms with Crippen LogP contribution in [0.3, 0.4) is 0 Å². The van der Waals surface area contributed by atoms with Crippen LogP contribution in [0.25, 0.3) is 0 Å². The molecule has 9 heteroatoms. The van der Waals surface area contributed by atoms with Crippen molar-refractivity contribution in [2.45, 2.75) is 213 Å². The Bertz CT molecular complexity index is 818. The third kappa shape index (κ3) is 36.4. The number of esters is 2. The highest BCUT2D eigenvalue weighted by Crippen LogP contribution is 2.42. The van der Waals surface area contributed by atoms with Crippen molar-refractivity contribution in [3.63, 3.8) is 0 Å². The summed E-state index contributed by atoms with van der Waals surface area (Å²) in [6.45, 7) is 3.89. The normalized spacial score (nSPS) is 13.5. The van der Waals surface area contributed by atoms with E-state index in [1.54, 1.807) is 0 Å². The van der Waals surface area contributed by atoms with Gasteiger partial charge in [-0.15, -0.1) is 0 Å². The van der Waals surface area contributed by atoms with Gasteiger partial charge in [0.15, 0.2) is 6.10 Å². The Morgan fingerprint density at radius 2 is 0.918 bits per heavy atom. The number of hydrogen-bond donors (Lipinski definition) is 1. The monoisotopic (exact) mass is 717 g/mol. The quantitative estimate of drug-likeness (QED) is 0.0291. The van der Waals surface area contributed by atoms with Crippen LogP contribution in [0.15, 0.2) is 12.2 Å². The van der Waals surface area contributed by atoms with Crippen molar-refractivity contribution in [1.29, 1.82) is 0 Å². The fourth-order valence-corrected chi connectivity index (χ4v) is 6.29. The number of allylic oxidation sites excluding steroid dienone is 2. The van der Waals surface area contributed by atoms with Gasteiger partial charge in [-0.05, 0) is 38.5 Å². The predicted molar refractivity (Wildman–Crippen MR) is 203 cm³/mol. The highest BCUT2D eigenvalue weighted by Gasteiger charge is 2.24. The topological polar surface area (TPSA) is 108 Å². The Hall–Kier alpha value is -1.21. The molecule has 8 nitrogen and oxygen atoms in total. The molecule has 0 aromatic heterocycles. The molecule has 2 atom stereocenters. The summed E-state index contributed by atoms with van der Waals surface area (Å²) in [6.07, 6.45) is 38.3. The SMILES string of the molecule is CCCCCCCCC/C=C\CCCCCCCC(=O)OC(COC(=O)CCCCCCCCCCCCCCCC)COP(=O)(O)OC. The van der Waals surface area contributed by atoms with Crippen LogP contribution < -0.4 is 0 Å². The number of rotatable bonds is 38. The van der Waals surface area contributed by atoms with Crippen LogP contribution in [0.1, 0.15) is 206 Å². The molecule has 0 aliphatic heterocycles. The summed E-state index contributed by atoms with van der Waals surface area (Å²) in [5.41, 5.74) is 0. The predicted octanol–water partition coefficient (Wildman–Crippen LogP) is 12.5. The van der Waals surface area contributed by atoms with Crippen LogP contribution in [0.2, 0.25) is 0 Å². The van der Waals surface area contributed by atoms with Crippen LogP contribution in [0, 0.1) is 0 Å². The number of ether oxygens (including phenoxy) is 2. The summed E-state index contributed by atoms with van der Waals surface area (Å²) in [7, 11) is -3.19. The molecule has 0 aliphatic carbocycles. The van der Waals surface area contributed by atoms with E-state index in [0.29, 0.717) is 12.8 Å². The zero-order chi connectivity index (χ0) is 36.1. The first-order valence-corrected chi connectivity index (χ1v) is 21.9. The summed E-state index contributed by atoms with van der Waals surface area (Å²) in [5.74, 6) is -0.804. The average Bonchev–Trinajstić information content (AvgIpc) is 3.09. The molecule has 0 heterocycles. The van der Waals surface area contributed by atoms with Crippen LogP contribution in [-0.2, 0) is 32.7 Å². The standard InChI is InChI=1S/C40H77O8P/c1-4-6-8-10-12-14-16-18-20-21-23-25-27-29-31-33-35-40(42)48-38(37-47-49(43,44)45-3)36-46-39(41)34-32-30-28-26-24-22-19-17-15-13-11-9-7-5-2/h20-21,38H,4-19,22-37H2,1-3H3,(H,43,44)/b21-20-. The van der Waals surface area contributed by atoms with Crippen molar-refractivity contribution in [3.8, 4) is 0 Å². The van der Waals surface area contributed by atoms with Gasteiger partial charge in [0.05, 0.1) is 6.61 Å². The zero-order valence-corrected chi connectivity index (χ0v) is 33.0. The molecule has 0 bridgehead atoms. The largest absolute Gasteiger partial charge is 0.472 e. The first-order chi connectivity index (χ1) is 23.8. The second-order valence-corrected chi connectivity index (χ2v) is 15.3. The van der Waals surface area contributed by atoms with Gasteiger partial charge < -0.3 is 14.4 Å². The average molecular weight is 717 g/mol. The van der Waals surface area contributed by atoms with E-state index in [2.05, 4.69) is 30.5 Å². The summed E-state index contributed by atoms with van der Waals surface area (Å²) >= 11 is 0. The van der Waals surface area contributed by atoms with Crippen molar-refractivity contribution in [1.82, 2.24) is 0 Å². The third-order valence-corrected chi connectivity index (χ3v) is 9.95. The number of carbonyl (C=O) groups is 2. The number of hydrogen-bond acceptors (Lipinski definition) is 7. The minimum Gasteiger partial charge on any atom is -0.462 e. The molecule has 0 aromatic carbocycles. The number of carbonyl (C=O) groups excluding carboxylic acids is 2. The van der Waals surface area contributed by atoms with Crippen molar-refractivity contribution in [3.05, 3.63) is 12.2 Å². The molecule has 2 unspecified atom stereocenters. The molecule has 0 aliphatic rings. The molecule has 1 N–H and O–H groups in total. The maximum absolute atomic E-state index is 12.5. The van der Waals surface area contributed by atoms with Gasteiger partial charge >= 0.3 is 19.8 Å². The van der Waals surface area contributed by atoms with Crippen LogP contribution in [-0.4, -0.2) is 43.3 Å². The second kappa shape index (κ2) is 36.6. The maximum atomic E-state index is 12.5. The summed E-state index contributed by atoms with van der Waals surface area (Å²) in [5, 5.41) is 0. The minimum atomic E-state index is -4.25. The Balaban J connectivity index is 4.01. The molecule has 0 saturated heterocycles. The fourth-order valence-electron chi connectivity index (χ4n) is 5.83. The number of phosphoric ester groups is 1. The Kier molecular flexibility index (Phi) is 35.7. The lowest BCUT2D eigenvalue weighted by atomic mass is 10.0. The molecule has 0 saturated carbocycles. The summed E-state index contributed by atoms with van der Waals surface area (Å²) in [4.78, 5) is 34.4. The fraction of sp³-hybridized carbons (Fsp3) is 0.900. The molecule has 0 radical (unpaired) electrons. The van der Waals surface area contributed by atoms with E-state index >= 15 is 0 Å². The van der Waals surface area contributed by atoms with Gasteiger partial charge in [0.1, 0.15) is 6.61 Å². The van der Waals surface area contributed by atoms with Gasteiger partial charge in [-0.1, -0.05) is 167 Å². The van der Waals surface area contributed by atoms with Gasteiger partial charge in [0, 0.05) is 20.0 Å². The molecule has 0 amide bonds. The highest BCUT2D eigenvalue weighted by molar-refractivity contribution is 7.47. The first-order valence-electron chi connectivity index (χ1n) is 20.4. The Morgan fingerprint density at radius 3 is 1.33 bits per heavy atom. The zero-order valence-electron chi connectivity index (χ0n) is 32.1. The molecular weight excluding hydrogens is 639 g/mol. The molecule has 0 rings (SSSR count). The van der Waals surface area contributed by atoms with Crippen molar-refractivity contribution in [2.75, 3.05) is 20.3 Å². The molecule has 0 spiro atoms. The summed E-state index contributed by atoms with van der Waals surface area (Å²) in [6, 6.07) is 0. The number of unbranched alkanes of at least 4 members (excludes halogenated alkanes) is 25. The molecule has 0 aromatic rings. The van der Waals surface area contributed by atoms with Crippen molar-refractivity contribution >= 4 is 19.8 Å². The molecule has 290 valence electrons. The highest BCUT2D eigenvalue weighted by atomic mass is 31.2. The van der Waals surface area contributed by atoms with E-state index in [4.69, 9.17) is 14.0 Å². The lowest BCUT2D eigenvalue weighted by Gasteiger charge is -2.19. The van der Waals surface area contributed by atoms with E-state index in [9.17, 15) is 19.0 Å². The molecule has 0 fully saturated rings. The van der Waals surface area contributed by atoms with E-state index in [1.807, 2.05) is 0 Å². The number of phosphoric acid groups is 1. The van der Waals surface area contributed by atoms with Crippen LogP contribution in [0.5, 0.6) is 0 Å². The Labute approximate surface area is 301 Å². The van der Waals surface area contributed by atoms with Gasteiger partial charge in [-0.3, -0.25) is 18.6 Å². The smallest absolute Gasteiger partial charge is 0.462 e. The van der Waals surface area contributed by atoms with Crippen LogP contribution >= 0.6 is 7.82 Å². The lowest BCUT2D eigenvalue weighted by molar-refractivity contribution is -0.161. The van der Waals surface area contributed by atoms with E-state index in [-0.39, 0.29) is 19.0 Å². The molecule has 49 heavy (non-hydrogen) atoms. The van der Waals surface area contributed by atoms with Crippen LogP contribution in [0.4, 0.5) is 0 Å². The van der Waals surface area contributed by atoms with E-state index in [0.717, 1.165) is 58.5 Å². The lowest BCUT2D eigenvalue weighted by Crippen LogP contribution is -2.29. The third-order valence-electron chi connectivity index (χ3n) is 9.01. The van der Waals surface area contributed by atoms with Crippen molar-refractivity contribution in [2.24, 2.45) is 0 Å². The van der Waals surface area contributed by atoms with E-state index in [1.165, 1.54) is 122 Å².